The van der Waals surface area contributed by atoms with Gasteiger partial charge in [0.15, 0.2) is 11.6 Å². The highest BCUT2D eigenvalue weighted by molar-refractivity contribution is 6.24. The normalized spacial score (nSPS) is 14.8. The summed E-state index contributed by atoms with van der Waals surface area (Å²) in [5, 5.41) is 20.4. The second-order valence-corrected chi connectivity index (χ2v) is 5.56. The Balaban J connectivity index is 2.55. The van der Waals surface area contributed by atoms with Gasteiger partial charge in [0.2, 0.25) is 0 Å². The predicted molar refractivity (Wildman–Crippen MR) is 80.0 cm³/mol. The Morgan fingerprint density at radius 1 is 1.14 bits per heavy atom. The topological polar surface area (TPSA) is 74.6 Å². The largest absolute Gasteiger partial charge is 0.507 e. The lowest BCUT2D eigenvalue weighted by atomic mass is 9.86. The summed E-state index contributed by atoms with van der Waals surface area (Å²) in [5.74, 6) is -1.48. The van der Waals surface area contributed by atoms with Gasteiger partial charge >= 0.3 is 0 Å². The number of hydrogen-bond donors (Lipinski definition) is 2. The molecule has 4 nitrogen and oxygen atoms in total. The van der Waals surface area contributed by atoms with Gasteiger partial charge in [-0.2, -0.15) is 0 Å². The van der Waals surface area contributed by atoms with Gasteiger partial charge in [0.1, 0.15) is 11.5 Å². The van der Waals surface area contributed by atoms with Crippen molar-refractivity contribution >= 4 is 11.6 Å². The molecule has 2 N–H and O–H groups in total. The predicted octanol–water partition coefficient (Wildman–Crippen LogP) is 3.49. The van der Waals surface area contributed by atoms with Crippen LogP contribution in [-0.2, 0) is 0 Å². The van der Waals surface area contributed by atoms with E-state index in [4.69, 9.17) is 0 Å². The van der Waals surface area contributed by atoms with E-state index < -0.39 is 11.6 Å². The smallest absolute Gasteiger partial charge is 0.190 e. The summed E-state index contributed by atoms with van der Waals surface area (Å²) < 4.78 is 0. The number of carbonyl (C=O) groups excluding carboxylic acids is 2. The van der Waals surface area contributed by atoms with E-state index in [1.165, 1.54) is 6.07 Å². The van der Waals surface area contributed by atoms with Crippen molar-refractivity contribution in [1.29, 1.82) is 0 Å². The van der Waals surface area contributed by atoms with Crippen molar-refractivity contribution in [1.82, 2.24) is 0 Å². The average molecular weight is 286 g/mol. The molecule has 0 unspecified atom stereocenters. The van der Waals surface area contributed by atoms with Crippen LogP contribution < -0.4 is 0 Å². The lowest BCUT2D eigenvalue weighted by Gasteiger charge is -2.19. The molecule has 1 aliphatic carbocycles. The van der Waals surface area contributed by atoms with Crippen molar-refractivity contribution in [3.05, 3.63) is 46.6 Å². The minimum atomic E-state index is -0.471. The molecule has 2 rings (SSSR count). The molecule has 1 aromatic carbocycles. The van der Waals surface area contributed by atoms with Crippen LogP contribution in [-0.4, -0.2) is 21.8 Å². The zero-order valence-corrected chi connectivity index (χ0v) is 12.3. The van der Waals surface area contributed by atoms with Gasteiger partial charge in [-0.15, -0.1) is 0 Å². The SMILES string of the molecule is CC(C)=CC[C@H](C)c1cc(O)c2c(c1O)C(=O)C=CC2=O. The molecule has 0 aliphatic heterocycles. The van der Waals surface area contributed by atoms with Crippen LogP contribution in [0, 0.1) is 0 Å². The molecular formula is C17H18O4. The zero-order valence-electron chi connectivity index (χ0n) is 12.3. The van der Waals surface area contributed by atoms with Crippen LogP contribution in [0.2, 0.25) is 0 Å². The van der Waals surface area contributed by atoms with Crippen LogP contribution in [0.4, 0.5) is 0 Å². The summed E-state index contributed by atoms with van der Waals surface area (Å²) in [7, 11) is 0. The van der Waals surface area contributed by atoms with E-state index in [1.807, 2.05) is 26.8 Å². The Morgan fingerprint density at radius 3 is 2.29 bits per heavy atom. The number of ketones is 2. The molecule has 0 aromatic heterocycles. The van der Waals surface area contributed by atoms with Crippen LogP contribution in [0.3, 0.4) is 0 Å². The molecular weight excluding hydrogens is 268 g/mol. The molecule has 0 bridgehead atoms. The van der Waals surface area contributed by atoms with E-state index in [-0.39, 0.29) is 28.5 Å². The Hall–Kier alpha value is -2.36. The van der Waals surface area contributed by atoms with Gasteiger partial charge in [0.05, 0.1) is 11.1 Å². The van der Waals surface area contributed by atoms with E-state index >= 15 is 0 Å². The van der Waals surface area contributed by atoms with E-state index in [0.29, 0.717) is 12.0 Å². The van der Waals surface area contributed by atoms with Gasteiger partial charge in [-0.25, -0.2) is 0 Å². The van der Waals surface area contributed by atoms with E-state index in [1.54, 1.807) is 0 Å². The van der Waals surface area contributed by atoms with Gasteiger partial charge in [-0.3, -0.25) is 9.59 Å². The second-order valence-electron chi connectivity index (χ2n) is 5.56. The minimum Gasteiger partial charge on any atom is -0.507 e. The number of rotatable bonds is 3. The van der Waals surface area contributed by atoms with Crippen LogP contribution >= 0.6 is 0 Å². The summed E-state index contributed by atoms with van der Waals surface area (Å²) in [5.41, 5.74) is 1.41. The molecule has 1 aliphatic rings. The van der Waals surface area contributed by atoms with Gasteiger partial charge in [0, 0.05) is 5.56 Å². The first kappa shape index (κ1) is 15.0. The van der Waals surface area contributed by atoms with Crippen molar-refractivity contribution in [3.63, 3.8) is 0 Å². The molecule has 1 atom stereocenters. The van der Waals surface area contributed by atoms with Crippen LogP contribution in [0.25, 0.3) is 0 Å². The summed E-state index contributed by atoms with van der Waals surface area (Å²) >= 11 is 0. The summed E-state index contributed by atoms with van der Waals surface area (Å²) in [6.07, 6.45) is 4.92. The van der Waals surface area contributed by atoms with Crippen LogP contribution in [0.5, 0.6) is 11.5 Å². The summed E-state index contributed by atoms with van der Waals surface area (Å²) in [4.78, 5) is 23.7. The van der Waals surface area contributed by atoms with Crippen LogP contribution in [0.1, 0.15) is 59.4 Å². The Morgan fingerprint density at radius 2 is 1.71 bits per heavy atom. The van der Waals surface area contributed by atoms with Crippen molar-refractivity contribution in [2.45, 2.75) is 33.1 Å². The quantitative estimate of drug-likeness (QED) is 0.659. The first-order valence-electron chi connectivity index (χ1n) is 6.81. The highest BCUT2D eigenvalue weighted by Gasteiger charge is 2.29. The number of carbonyl (C=O) groups is 2. The number of fused-ring (bicyclic) bond motifs is 1. The highest BCUT2D eigenvalue weighted by atomic mass is 16.3. The maximum atomic E-state index is 11.9. The lowest BCUT2D eigenvalue weighted by molar-refractivity contribution is 0.0989. The second kappa shape index (κ2) is 5.56. The monoisotopic (exact) mass is 286 g/mol. The van der Waals surface area contributed by atoms with Gasteiger partial charge in [-0.1, -0.05) is 18.6 Å². The third kappa shape index (κ3) is 2.75. The fraction of sp³-hybridized carbons (Fsp3) is 0.294. The molecule has 110 valence electrons. The number of phenols is 2. The van der Waals surface area contributed by atoms with Crippen molar-refractivity contribution in [2.75, 3.05) is 0 Å². The van der Waals surface area contributed by atoms with Crippen molar-refractivity contribution in [3.8, 4) is 11.5 Å². The first-order valence-corrected chi connectivity index (χ1v) is 6.81. The molecule has 0 saturated carbocycles. The zero-order chi connectivity index (χ0) is 15.7. The maximum Gasteiger partial charge on any atom is 0.190 e. The number of allylic oxidation sites excluding steroid dienone is 4. The molecule has 0 heterocycles. The molecule has 1 aromatic rings. The number of hydrogen-bond acceptors (Lipinski definition) is 4. The minimum absolute atomic E-state index is 0.0788. The Bertz CT molecular complexity index is 677. The fourth-order valence-corrected chi connectivity index (χ4v) is 2.40. The fourth-order valence-electron chi connectivity index (χ4n) is 2.40. The van der Waals surface area contributed by atoms with Gasteiger partial charge < -0.3 is 10.2 Å². The maximum absolute atomic E-state index is 11.9. The highest BCUT2D eigenvalue weighted by Crippen LogP contribution is 2.40. The average Bonchev–Trinajstić information content (AvgIpc) is 2.42. The third-order valence-corrected chi connectivity index (χ3v) is 3.60. The Kier molecular flexibility index (Phi) is 3.98. The first-order chi connectivity index (χ1) is 9.82. The third-order valence-electron chi connectivity index (χ3n) is 3.60. The van der Waals surface area contributed by atoms with E-state index in [0.717, 1.165) is 17.7 Å². The number of benzene rings is 1. The van der Waals surface area contributed by atoms with Gasteiger partial charge in [0.25, 0.3) is 0 Å². The van der Waals surface area contributed by atoms with Gasteiger partial charge in [-0.05, 0) is 44.4 Å². The molecule has 0 amide bonds. The molecule has 21 heavy (non-hydrogen) atoms. The van der Waals surface area contributed by atoms with E-state index in [2.05, 4.69) is 0 Å². The standard InChI is InChI=1S/C17H18O4/c1-9(2)4-5-10(3)11-8-14(20)15-12(18)6-7-13(19)16(15)17(11)21/h4,6-8,10,20-21H,5H2,1-3H3/t10-/m0/s1. The lowest BCUT2D eigenvalue weighted by Crippen LogP contribution is -2.13. The van der Waals surface area contributed by atoms with Crippen molar-refractivity contribution in [2.24, 2.45) is 0 Å². The molecule has 0 fully saturated rings. The van der Waals surface area contributed by atoms with Crippen molar-refractivity contribution < 1.29 is 19.8 Å². The molecule has 0 spiro atoms. The van der Waals surface area contributed by atoms with E-state index in [9.17, 15) is 19.8 Å². The summed E-state index contributed by atoms with van der Waals surface area (Å²) in [6, 6.07) is 1.38. The Labute approximate surface area is 123 Å². The molecule has 0 saturated heterocycles. The number of aromatic hydroxyl groups is 2. The number of phenolic OH excluding ortho intramolecular Hbond substituents is 2. The summed E-state index contributed by atoms with van der Waals surface area (Å²) in [6.45, 7) is 5.85. The van der Waals surface area contributed by atoms with Crippen LogP contribution in [0.15, 0.2) is 29.9 Å². The molecule has 4 heteroatoms. The molecule has 0 radical (unpaired) electrons.